The molecule has 106 valence electrons. The molecule has 6 heteroatoms. The largest absolute Gasteiger partial charge is 0.505 e. The Morgan fingerprint density at radius 1 is 1.00 bits per heavy atom. The van der Waals surface area contributed by atoms with Crippen LogP contribution in [0.25, 0.3) is 11.1 Å². The van der Waals surface area contributed by atoms with E-state index < -0.39 is 23.3 Å². The van der Waals surface area contributed by atoms with Crippen LogP contribution in [0.2, 0.25) is 0 Å². The van der Waals surface area contributed by atoms with Gasteiger partial charge in [0.2, 0.25) is 0 Å². The first-order chi connectivity index (χ1) is 9.32. The fourth-order valence-corrected chi connectivity index (χ4v) is 1.80. The third kappa shape index (κ3) is 2.68. The van der Waals surface area contributed by atoms with Gasteiger partial charge in [-0.3, -0.25) is 0 Å². The summed E-state index contributed by atoms with van der Waals surface area (Å²) in [6, 6.07) is 6.82. The lowest BCUT2D eigenvalue weighted by Crippen LogP contribution is -2.07. The van der Waals surface area contributed by atoms with Gasteiger partial charge in [0.1, 0.15) is 5.75 Å². The quantitative estimate of drug-likeness (QED) is 0.837. The molecule has 0 aliphatic carbocycles. The molecule has 0 amide bonds. The highest BCUT2D eigenvalue weighted by Gasteiger charge is 2.34. The molecule has 2 nitrogen and oxygen atoms in total. The van der Waals surface area contributed by atoms with Crippen molar-refractivity contribution in [1.29, 1.82) is 0 Å². The van der Waals surface area contributed by atoms with Crippen molar-refractivity contribution in [2.24, 2.45) is 0 Å². The van der Waals surface area contributed by atoms with Gasteiger partial charge in [-0.1, -0.05) is 12.1 Å². The van der Waals surface area contributed by atoms with Gasteiger partial charge in [0.25, 0.3) is 0 Å². The smallest absolute Gasteiger partial charge is 0.419 e. The van der Waals surface area contributed by atoms with Gasteiger partial charge in [0.05, 0.1) is 12.7 Å². The number of ether oxygens (including phenoxy) is 1. The highest BCUT2D eigenvalue weighted by Crippen LogP contribution is 2.39. The van der Waals surface area contributed by atoms with Crippen molar-refractivity contribution < 1.29 is 27.4 Å². The average molecular weight is 286 g/mol. The Bertz CT molecular complexity index is 636. The lowest BCUT2D eigenvalue weighted by atomic mass is 10.0. The van der Waals surface area contributed by atoms with Crippen molar-refractivity contribution in [1.82, 2.24) is 0 Å². The molecule has 0 bridgehead atoms. The summed E-state index contributed by atoms with van der Waals surface area (Å²) < 4.78 is 56.3. The van der Waals surface area contributed by atoms with Gasteiger partial charge in [-0.25, -0.2) is 4.39 Å². The molecule has 0 heterocycles. The van der Waals surface area contributed by atoms with Crippen LogP contribution < -0.4 is 4.74 Å². The van der Waals surface area contributed by atoms with E-state index in [1.54, 1.807) is 0 Å². The second-order valence-corrected chi connectivity index (χ2v) is 4.08. The van der Waals surface area contributed by atoms with Gasteiger partial charge in [-0.2, -0.15) is 13.2 Å². The van der Waals surface area contributed by atoms with E-state index >= 15 is 0 Å². The molecule has 2 rings (SSSR count). The Morgan fingerprint density at radius 3 is 2.15 bits per heavy atom. The first kappa shape index (κ1) is 14.2. The third-order valence-electron chi connectivity index (χ3n) is 2.78. The van der Waals surface area contributed by atoms with E-state index in [9.17, 15) is 22.7 Å². The minimum absolute atomic E-state index is 0.202. The predicted molar refractivity (Wildman–Crippen MR) is 65.1 cm³/mol. The number of methoxy groups -OCH3 is 1. The molecule has 2 aromatic carbocycles. The molecule has 0 radical (unpaired) electrons. The van der Waals surface area contributed by atoms with Crippen LogP contribution in [0.4, 0.5) is 17.6 Å². The molecule has 0 unspecified atom stereocenters. The summed E-state index contributed by atoms with van der Waals surface area (Å²) in [6.07, 6.45) is -4.57. The van der Waals surface area contributed by atoms with E-state index in [2.05, 4.69) is 4.74 Å². The van der Waals surface area contributed by atoms with E-state index in [-0.39, 0.29) is 16.9 Å². The number of benzene rings is 2. The second-order valence-electron chi connectivity index (χ2n) is 4.08. The van der Waals surface area contributed by atoms with Crippen LogP contribution in [-0.2, 0) is 6.18 Å². The molecular weight excluding hydrogens is 276 g/mol. The zero-order chi connectivity index (χ0) is 14.9. The van der Waals surface area contributed by atoms with Crippen LogP contribution in [-0.4, -0.2) is 12.2 Å². The number of aromatic hydroxyl groups is 1. The lowest BCUT2D eigenvalue weighted by molar-refractivity contribution is -0.138. The van der Waals surface area contributed by atoms with Crippen LogP contribution in [0.1, 0.15) is 5.56 Å². The second kappa shape index (κ2) is 5.03. The summed E-state index contributed by atoms with van der Waals surface area (Å²) in [5.41, 5.74) is -0.452. The molecular formula is C14H10F4O2. The zero-order valence-corrected chi connectivity index (χ0v) is 10.3. The van der Waals surface area contributed by atoms with Crippen LogP contribution in [0.15, 0.2) is 36.4 Å². The maximum Gasteiger partial charge on any atom is 0.419 e. The molecule has 0 spiro atoms. The monoisotopic (exact) mass is 286 g/mol. The third-order valence-corrected chi connectivity index (χ3v) is 2.78. The number of rotatable bonds is 2. The van der Waals surface area contributed by atoms with E-state index in [4.69, 9.17) is 0 Å². The van der Waals surface area contributed by atoms with Crippen LogP contribution in [0, 0.1) is 5.82 Å². The fraction of sp³-hybridized carbons (Fsp3) is 0.143. The summed E-state index contributed by atoms with van der Waals surface area (Å²) in [5, 5.41) is 9.27. The van der Waals surface area contributed by atoms with Crippen LogP contribution >= 0.6 is 0 Å². The topological polar surface area (TPSA) is 29.5 Å². The first-order valence-electron chi connectivity index (χ1n) is 5.57. The Hall–Kier alpha value is -2.24. The van der Waals surface area contributed by atoms with Crippen molar-refractivity contribution in [2.45, 2.75) is 6.18 Å². The van der Waals surface area contributed by atoms with E-state index in [1.807, 2.05) is 0 Å². The van der Waals surface area contributed by atoms with Gasteiger partial charge in [-0.05, 0) is 35.4 Å². The van der Waals surface area contributed by atoms with Crippen molar-refractivity contribution in [3.63, 3.8) is 0 Å². The standard InChI is InChI=1S/C14H10F4O2/c1-20-13-5-3-8(6-10(13)14(16,17)18)9-2-4-11(15)12(19)7-9/h2-7,19H,1H3. The lowest BCUT2D eigenvalue weighted by Gasteiger charge is -2.13. The number of phenols is 1. The first-order valence-corrected chi connectivity index (χ1v) is 5.57. The Balaban J connectivity index is 2.55. The summed E-state index contributed by atoms with van der Waals surface area (Å²) in [4.78, 5) is 0. The highest BCUT2D eigenvalue weighted by atomic mass is 19.4. The molecule has 0 aromatic heterocycles. The van der Waals surface area contributed by atoms with Crippen molar-refractivity contribution >= 4 is 0 Å². The molecule has 0 saturated carbocycles. The summed E-state index contributed by atoms with van der Waals surface area (Å²) in [6.45, 7) is 0. The average Bonchev–Trinajstić information content (AvgIpc) is 2.40. The van der Waals surface area contributed by atoms with E-state index in [0.717, 1.165) is 25.3 Å². The predicted octanol–water partition coefficient (Wildman–Crippen LogP) is 4.23. The van der Waals surface area contributed by atoms with E-state index in [0.29, 0.717) is 0 Å². The van der Waals surface area contributed by atoms with Crippen molar-refractivity contribution in [2.75, 3.05) is 7.11 Å². The van der Waals surface area contributed by atoms with E-state index in [1.165, 1.54) is 18.2 Å². The SMILES string of the molecule is COc1ccc(-c2ccc(F)c(O)c2)cc1C(F)(F)F. The van der Waals surface area contributed by atoms with Crippen LogP contribution in [0.5, 0.6) is 11.5 Å². The van der Waals surface area contributed by atoms with Gasteiger partial charge in [-0.15, -0.1) is 0 Å². The zero-order valence-electron chi connectivity index (χ0n) is 10.3. The van der Waals surface area contributed by atoms with Gasteiger partial charge < -0.3 is 9.84 Å². The summed E-state index contributed by atoms with van der Waals surface area (Å²) in [7, 11) is 1.15. The minimum atomic E-state index is -4.57. The minimum Gasteiger partial charge on any atom is -0.505 e. The molecule has 2 aromatic rings. The number of halogens is 4. The van der Waals surface area contributed by atoms with Gasteiger partial charge in [0, 0.05) is 0 Å². The highest BCUT2D eigenvalue weighted by molar-refractivity contribution is 5.67. The fourth-order valence-electron chi connectivity index (χ4n) is 1.80. The molecule has 0 fully saturated rings. The maximum atomic E-state index is 13.0. The molecule has 1 N–H and O–H groups in total. The summed E-state index contributed by atoms with van der Waals surface area (Å²) >= 11 is 0. The van der Waals surface area contributed by atoms with Crippen molar-refractivity contribution in [3.8, 4) is 22.6 Å². The Kier molecular flexibility index (Phi) is 3.57. The summed E-state index contributed by atoms with van der Waals surface area (Å²) in [5.74, 6) is -1.75. The molecule has 20 heavy (non-hydrogen) atoms. The number of phenolic OH excluding ortho intramolecular Hbond substituents is 1. The molecule has 0 atom stereocenters. The van der Waals surface area contributed by atoms with Gasteiger partial charge in [0.15, 0.2) is 11.6 Å². The maximum absolute atomic E-state index is 13.0. The Morgan fingerprint density at radius 2 is 1.60 bits per heavy atom. The number of hydrogen-bond acceptors (Lipinski definition) is 2. The molecule has 0 saturated heterocycles. The van der Waals surface area contributed by atoms with Gasteiger partial charge >= 0.3 is 6.18 Å². The molecule has 0 aliphatic heterocycles. The number of alkyl halides is 3. The van der Waals surface area contributed by atoms with Crippen LogP contribution in [0.3, 0.4) is 0 Å². The van der Waals surface area contributed by atoms with Crippen molar-refractivity contribution in [3.05, 3.63) is 47.8 Å². The molecule has 0 aliphatic rings. The number of hydrogen-bond donors (Lipinski definition) is 1. The Labute approximate surface area is 112 Å². The normalized spacial score (nSPS) is 11.4.